The fourth-order valence-corrected chi connectivity index (χ4v) is 4.25. The van der Waals surface area contributed by atoms with Crippen LogP contribution < -0.4 is 10.1 Å². The maximum Gasteiger partial charge on any atom is 0.407 e. The van der Waals surface area contributed by atoms with E-state index in [1.54, 1.807) is 6.20 Å². The van der Waals surface area contributed by atoms with Crippen molar-refractivity contribution in [3.05, 3.63) is 48.2 Å². The summed E-state index contributed by atoms with van der Waals surface area (Å²) < 4.78 is 7.97. The number of hydrogen-bond acceptors (Lipinski definition) is 6. The van der Waals surface area contributed by atoms with Gasteiger partial charge in [0.15, 0.2) is 5.82 Å². The molecule has 166 valence electrons. The molecule has 0 atom stereocenters. The van der Waals surface area contributed by atoms with E-state index in [0.29, 0.717) is 50.8 Å². The zero-order valence-corrected chi connectivity index (χ0v) is 18.0. The first-order valence-electron chi connectivity index (χ1n) is 10.7. The van der Waals surface area contributed by atoms with E-state index >= 15 is 0 Å². The Labute approximate surface area is 186 Å². The van der Waals surface area contributed by atoms with E-state index in [0.717, 1.165) is 16.5 Å². The second-order valence-electron chi connectivity index (χ2n) is 7.90. The largest absolute Gasteiger partial charge is 0.472 e. The number of amides is 1. The standard InChI is InChI=1S/C23H26N6O3/c1-2-25-20-19-18(8-13-26-21(19)32-16-17-6-4-3-5-7-17)29(27-20)23(9-12-24)10-14-28(15-11-23)22(30)31/h3-8,13H,2,9-11,14-16H2,1H3,(H,25,27)(H,30,31). The van der Waals surface area contributed by atoms with E-state index < -0.39 is 11.6 Å². The minimum Gasteiger partial charge on any atom is -0.472 e. The van der Waals surface area contributed by atoms with Crippen molar-refractivity contribution in [3.8, 4) is 11.9 Å². The van der Waals surface area contributed by atoms with Gasteiger partial charge in [0.2, 0.25) is 5.88 Å². The molecule has 1 saturated heterocycles. The molecule has 3 aromatic rings. The predicted octanol–water partition coefficient (Wildman–Crippen LogP) is 3.82. The molecule has 1 amide bonds. The van der Waals surface area contributed by atoms with Gasteiger partial charge in [-0.05, 0) is 31.4 Å². The van der Waals surface area contributed by atoms with Crippen LogP contribution in [0.25, 0.3) is 10.9 Å². The van der Waals surface area contributed by atoms with Gasteiger partial charge in [-0.3, -0.25) is 4.68 Å². The third kappa shape index (κ3) is 4.04. The number of hydrogen-bond donors (Lipinski definition) is 2. The van der Waals surface area contributed by atoms with Gasteiger partial charge in [0.1, 0.15) is 12.0 Å². The van der Waals surface area contributed by atoms with Crippen molar-refractivity contribution in [1.82, 2.24) is 19.7 Å². The molecular formula is C23H26N6O3. The average Bonchev–Trinajstić information content (AvgIpc) is 3.19. The van der Waals surface area contributed by atoms with Gasteiger partial charge >= 0.3 is 6.09 Å². The van der Waals surface area contributed by atoms with Crippen molar-refractivity contribution in [2.24, 2.45) is 0 Å². The fraction of sp³-hybridized carbons (Fsp3) is 0.391. The number of fused-ring (bicyclic) bond motifs is 1. The van der Waals surface area contributed by atoms with Crippen LogP contribution in [-0.2, 0) is 12.1 Å². The summed E-state index contributed by atoms with van der Waals surface area (Å²) in [5.74, 6) is 1.13. The normalized spacial score (nSPS) is 15.3. The number of nitrogens with one attached hydrogen (secondary N) is 1. The molecule has 32 heavy (non-hydrogen) atoms. The number of carboxylic acid groups (broad SMARTS) is 1. The highest BCUT2D eigenvalue weighted by Crippen LogP contribution is 2.40. The second-order valence-corrected chi connectivity index (χ2v) is 7.90. The van der Waals surface area contributed by atoms with E-state index in [2.05, 4.69) is 16.4 Å². The van der Waals surface area contributed by atoms with Gasteiger partial charge < -0.3 is 20.1 Å². The maximum absolute atomic E-state index is 11.4. The zero-order chi connectivity index (χ0) is 22.6. The molecule has 0 radical (unpaired) electrons. The molecule has 0 spiro atoms. The van der Waals surface area contributed by atoms with E-state index in [4.69, 9.17) is 9.84 Å². The van der Waals surface area contributed by atoms with Crippen LogP contribution in [-0.4, -0.2) is 50.5 Å². The van der Waals surface area contributed by atoms with E-state index in [1.165, 1.54) is 4.90 Å². The molecule has 2 N–H and O–H groups in total. The van der Waals surface area contributed by atoms with Crippen molar-refractivity contribution in [2.75, 3.05) is 25.0 Å². The van der Waals surface area contributed by atoms with Crippen molar-refractivity contribution in [2.45, 2.75) is 38.3 Å². The zero-order valence-electron chi connectivity index (χ0n) is 18.0. The number of anilines is 1. The monoisotopic (exact) mass is 434 g/mol. The number of nitriles is 1. The minimum absolute atomic E-state index is 0.241. The van der Waals surface area contributed by atoms with Crippen molar-refractivity contribution < 1.29 is 14.6 Å². The van der Waals surface area contributed by atoms with Gasteiger partial charge in [-0.15, -0.1) is 0 Å². The lowest BCUT2D eigenvalue weighted by atomic mass is 9.85. The lowest BCUT2D eigenvalue weighted by Gasteiger charge is -2.40. The topological polar surface area (TPSA) is 116 Å². The molecule has 9 nitrogen and oxygen atoms in total. The summed E-state index contributed by atoms with van der Waals surface area (Å²) in [6.45, 7) is 3.74. The molecule has 1 aromatic carbocycles. The molecule has 3 heterocycles. The highest BCUT2D eigenvalue weighted by molar-refractivity contribution is 5.94. The molecular weight excluding hydrogens is 408 g/mol. The van der Waals surface area contributed by atoms with Gasteiger partial charge in [0.25, 0.3) is 0 Å². The van der Waals surface area contributed by atoms with Crippen molar-refractivity contribution in [3.63, 3.8) is 0 Å². The summed E-state index contributed by atoms with van der Waals surface area (Å²) in [7, 11) is 0. The molecule has 1 fully saturated rings. The smallest absolute Gasteiger partial charge is 0.407 e. The fourth-order valence-electron chi connectivity index (χ4n) is 4.25. The van der Waals surface area contributed by atoms with E-state index in [1.807, 2.05) is 48.0 Å². The molecule has 0 aliphatic carbocycles. The predicted molar refractivity (Wildman–Crippen MR) is 120 cm³/mol. The molecule has 1 aliphatic heterocycles. The Morgan fingerprint density at radius 2 is 2.03 bits per heavy atom. The summed E-state index contributed by atoms with van der Waals surface area (Å²) in [5.41, 5.74) is 1.26. The molecule has 2 aromatic heterocycles. The number of benzene rings is 1. The quantitative estimate of drug-likeness (QED) is 0.580. The van der Waals surface area contributed by atoms with Crippen LogP contribution in [0.5, 0.6) is 5.88 Å². The molecule has 9 heteroatoms. The van der Waals surface area contributed by atoms with E-state index in [-0.39, 0.29) is 6.42 Å². The number of likely N-dealkylation sites (tertiary alicyclic amines) is 1. The molecule has 0 bridgehead atoms. The number of nitrogens with zero attached hydrogens (tertiary/aromatic N) is 5. The third-order valence-electron chi connectivity index (χ3n) is 5.94. The first-order valence-corrected chi connectivity index (χ1v) is 10.7. The van der Waals surface area contributed by atoms with Crippen LogP contribution >= 0.6 is 0 Å². The second kappa shape index (κ2) is 9.14. The lowest BCUT2D eigenvalue weighted by Crippen LogP contribution is -2.48. The summed E-state index contributed by atoms with van der Waals surface area (Å²) in [6, 6.07) is 14.0. The summed E-state index contributed by atoms with van der Waals surface area (Å²) in [4.78, 5) is 17.3. The number of ether oxygens (including phenoxy) is 1. The van der Waals surface area contributed by atoms with E-state index in [9.17, 15) is 15.2 Å². The first-order chi connectivity index (χ1) is 15.6. The first kappa shape index (κ1) is 21.4. The number of rotatable bonds is 7. The van der Waals surface area contributed by atoms with Crippen molar-refractivity contribution in [1.29, 1.82) is 5.26 Å². The third-order valence-corrected chi connectivity index (χ3v) is 5.94. The van der Waals surface area contributed by atoms with Gasteiger partial charge in [-0.1, -0.05) is 30.3 Å². The molecule has 4 rings (SSSR count). The van der Waals surface area contributed by atoms with Crippen LogP contribution in [0.2, 0.25) is 0 Å². The Hall–Kier alpha value is -3.80. The Kier molecular flexibility index (Phi) is 6.12. The van der Waals surface area contributed by atoms with Crippen LogP contribution in [0.4, 0.5) is 10.6 Å². The SMILES string of the molecule is CCNc1nn(C2(CC#N)CCN(C(=O)O)CC2)c2ccnc(OCc3ccccc3)c12. The van der Waals surface area contributed by atoms with Crippen LogP contribution in [0.1, 0.15) is 31.7 Å². The lowest BCUT2D eigenvalue weighted by molar-refractivity contribution is 0.0912. The highest BCUT2D eigenvalue weighted by atomic mass is 16.5. The number of carbonyl (C=O) groups is 1. The van der Waals surface area contributed by atoms with Crippen LogP contribution in [0.3, 0.4) is 0 Å². The minimum atomic E-state index is -0.935. The summed E-state index contributed by atoms with van der Waals surface area (Å²) >= 11 is 0. The van der Waals surface area contributed by atoms with Gasteiger partial charge in [-0.2, -0.15) is 10.4 Å². The summed E-state index contributed by atoms with van der Waals surface area (Å²) in [6.07, 6.45) is 2.01. The van der Waals surface area contributed by atoms with Crippen molar-refractivity contribution >= 4 is 22.8 Å². The molecule has 1 aliphatic rings. The maximum atomic E-state index is 11.4. The van der Waals surface area contributed by atoms with Gasteiger partial charge in [0, 0.05) is 25.8 Å². The Balaban J connectivity index is 1.75. The summed E-state index contributed by atoms with van der Waals surface area (Å²) in [5, 5.41) is 27.9. The Morgan fingerprint density at radius 3 is 2.69 bits per heavy atom. The highest BCUT2D eigenvalue weighted by Gasteiger charge is 2.40. The Morgan fingerprint density at radius 1 is 1.28 bits per heavy atom. The molecule has 0 saturated carbocycles. The van der Waals surface area contributed by atoms with Crippen LogP contribution in [0.15, 0.2) is 42.6 Å². The number of aromatic nitrogens is 3. The average molecular weight is 435 g/mol. The number of pyridine rings is 1. The molecule has 0 unspecified atom stereocenters. The number of piperidine rings is 1. The van der Waals surface area contributed by atoms with Gasteiger partial charge in [-0.25, -0.2) is 9.78 Å². The Bertz CT molecular complexity index is 1130. The van der Waals surface area contributed by atoms with Crippen LogP contribution in [0, 0.1) is 11.3 Å². The van der Waals surface area contributed by atoms with Gasteiger partial charge in [0.05, 0.1) is 23.5 Å².